The van der Waals surface area contributed by atoms with Crippen molar-refractivity contribution in [2.24, 2.45) is 13.0 Å². The fourth-order valence-electron chi connectivity index (χ4n) is 4.11. The minimum absolute atomic E-state index is 0.399. The summed E-state index contributed by atoms with van der Waals surface area (Å²) in [5, 5.41) is 12.0. The SMILES string of the molecule is Cc1c(C(C)NC2CCCC2C2CCCN2)cnn1C. The second kappa shape index (κ2) is 5.86. The van der Waals surface area contributed by atoms with Crippen molar-refractivity contribution < 1.29 is 0 Å². The molecule has 1 saturated heterocycles. The molecule has 2 fully saturated rings. The van der Waals surface area contributed by atoms with Crippen LogP contribution in [0.1, 0.15) is 56.3 Å². The van der Waals surface area contributed by atoms with Gasteiger partial charge in [-0.05, 0) is 52.0 Å². The second-order valence-electron chi connectivity index (χ2n) is 6.60. The van der Waals surface area contributed by atoms with Crippen LogP contribution in [0.25, 0.3) is 0 Å². The summed E-state index contributed by atoms with van der Waals surface area (Å²) in [5.41, 5.74) is 2.62. The van der Waals surface area contributed by atoms with Gasteiger partial charge in [-0.1, -0.05) is 6.42 Å². The summed E-state index contributed by atoms with van der Waals surface area (Å²) in [4.78, 5) is 0. The molecule has 4 heteroatoms. The molecule has 2 N–H and O–H groups in total. The Kier molecular flexibility index (Phi) is 4.13. The summed E-state index contributed by atoms with van der Waals surface area (Å²) in [6.07, 6.45) is 8.82. The van der Waals surface area contributed by atoms with E-state index in [-0.39, 0.29) is 0 Å². The molecule has 0 amide bonds. The van der Waals surface area contributed by atoms with E-state index < -0.39 is 0 Å². The minimum atomic E-state index is 0.399. The van der Waals surface area contributed by atoms with E-state index in [1.54, 1.807) is 0 Å². The summed E-state index contributed by atoms with van der Waals surface area (Å²) in [6, 6.07) is 1.81. The van der Waals surface area contributed by atoms with Crippen LogP contribution in [-0.4, -0.2) is 28.4 Å². The van der Waals surface area contributed by atoms with E-state index in [2.05, 4.69) is 29.6 Å². The molecule has 0 bridgehead atoms. The van der Waals surface area contributed by atoms with Crippen molar-refractivity contribution in [1.29, 1.82) is 0 Å². The molecular formula is C16H28N4. The average molecular weight is 276 g/mol. The van der Waals surface area contributed by atoms with Gasteiger partial charge < -0.3 is 10.6 Å². The maximum absolute atomic E-state index is 4.37. The summed E-state index contributed by atoms with van der Waals surface area (Å²) in [7, 11) is 2.02. The van der Waals surface area contributed by atoms with Gasteiger partial charge in [0.05, 0.1) is 6.20 Å². The number of aromatic nitrogens is 2. The number of hydrogen-bond donors (Lipinski definition) is 2. The van der Waals surface area contributed by atoms with E-state index in [0.717, 1.165) is 12.0 Å². The third kappa shape index (κ3) is 2.63. The van der Waals surface area contributed by atoms with Gasteiger partial charge in [0.25, 0.3) is 0 Å². The summed E-state index contributed by atoms with van der Waals surface area (Å²) >= 11 is 0. The van der Waals surface area contributed by atoms with Gasteiger partial charge in [-0.25, -0.2) is 0 Å². The summed E-state index contributed by atoms with van der Waals surface area (Å²) in [5.74, 6) is 0.817. The second-order valence-corrected chi connectivity index (χ2v) is 6.60. The molecular weight excluding hydrogens is 248 g/mol. The molecule has 1 aliphatic heterocycles. The van der Waals surface area contributed by atoms with Crippen molar-refractivity contribution in [3.8, 4) is 0 Å². The van der Waals surface area contributed by atoms with Crippen LogP contribution in [0.5, 0.6) is 0 Å². The molecule has 1 aromatic rings. The van der Waals surface area contributed by atoms with E-state index in [1.807, 2.05) is 17.9 Å². The first kappa shape index (κ1) is 14.1. The van der Waals surface area contributed by atoms with Crippen molar-refractivity contribution in [1.82, 2.24) is 20.4 Å². The first-order chi connectivity index (χ1) is 9.66. The van der Waals surface area contributed by atoms with Gasteiger partial charge in [0.15, 0.2) is 0 Å². The van der Waals surface area contributed by atoms with Crippen LogP contribution in [0.15, 0.2) is 6.20 Å². The number of rotatable bonds is 4. The lowest BCUT2D eigenvalue weighted by molar-refractivity contribution is 0.303. The average Bonchev–Trinajstić information content (AvgIpc) is 3.12. The smallest absolute Gasteiger partial charge is 0.0540 e. The van der Waals surface area contributed by atoms with Gasteiger partial charge >= 0.3 is 0 Å². The standard InChI is InChI=1S/C16H28N4/c1-11(14-10-18-20(3)12(14)2)19-16-7-4-6-13(16)15-8-5-9-17-15/h10-11,13,15-17,19H,4-9H2,1-3H3. The van der Waals surface area contributed by atoms with E-state index in [0.29, 0.717) is 12.1 Å². The number of aryl methyl sites for hydroxylation is 1. The normalized spacial score (nSPS) is 31.9. The zero-order chi connectivity index (χ0) is 14.1. The van der Waals surface area contributed by atoms with E-state index in [1.165, 1.54) is 49.9 Å². The van der Waals surface area contributed by atoms with Crippen LogP contribution in [0.3, 0.4) is 0 Å². The fourth-order valence-corrected chi connectivity index (χ4v) is 4.11. The van der Waals surface area contributed by atoms with Gasteiger partial charge in [-0.2, -0.15) is 5.10 Å². The topological polar surface area (TPSA) is 41.9 Å². The highest BCUT2D eigenvalue weighted by molar-refractivity contribution is 5.20. The van der Waals surface area contributed by atoms with Crippen LogP contribution < -0.4 is 10.6 Å². The van der Waals surface area contributed by atoms with Crippen molar-refractivity contribution in [2.75, 3.05) is 6.54 Å². The lowest BCUT2D eigenvalue weighted by Gasteiger charge is -2.29. The van der Waals surface area contributed by atoms with Gasteiger partial charge in [0.2, 0.25) is 0 Å². The Hall–Kier alpha value is -0.870. The van der Waals surface area contributed by atoms with Crippen molar-refractivity contribution in [3.05, 3.63) is 17.5 Å². The summed E-state index contributed by atoms with van der Waals surface area (Å²) < 4.78 is 1.97. The molecule has 1 aliphatic carbocycles. The third-order valence-corrected chi connectivity index (χ3v) is 5.39. The molecule has 0 aromatic carbocycles. The maximum Gasteiger partial charge on any atom is 0.0540 e. The molecule has 4 nitrogen and oxygen atoms in total. The van der Waals surface area contributed by atoms with Gasteiger partial charge in [-0.3, -0.25) is 4.68 Å². The van der Waals surface area contributed by atoms with E-state index in [4.69, 9.17) is 0 Å². The fraction of sp³-hybridized carbons (Fsp3) is 0.812. The van der Waals surface area contributed by atoms with Crippen molar-refractivity contribution in [2.45, 2.75) is 64.1 Å². The first-order valence-corrected chi connectivity index (χ1v) is 8.14. The van der Waals surface area contributed by atoms with Crippen LogP contribution >= 0.6 is 0 Å². The molecule has 4 unspecified atom stereocenters. The highest BCUT2D eigenvalue weighted by atomic mass is 15.3. The van der Waals surface area contributed by atoms with Crippen LogP contribution in [0.4, 0.5) is 0 Å². The zero-order valence-electron chi connectivity index (χ0n) is 13.0. The Morgan fingerprint density at radius 1 is 1.35 bits per heavy atom. The Morgan fingerprint density at radius 2 is 2.20 bits per heavy atom. The molecule has 4 atom stereocenters. The van der Waals surface area contributed by atoms with Gasteiger partial charge in [0, 0.05) is 36.4 Å². The molecule has 2 aliphatic rings. The molecule has 3 rings (SSSR count). The van der Waals surface area contributed by atoms with E-state index >= 15 is 0 Å². The maximum atomic E-state index is 4.37. The highest BCUT2D eigenvalue weighted by Gasteiger charge is 2.35. The van der Waals surface area contributed by atoms with Crippen LogP contribution in [0.2, 0.25) is 0 Å². The quantitative estimate of drug-likeness (QED) is 0.886. The predicted molar refractivity (Wildman–Crippen MR) is 81.6 cm³/mol. The van der Waals surface area contributed by atoms with Gasteiger partial charge in [0.1, 0.15) is 0 Å². The number of hydrogen-bond acceptors (Lipinski definition) is 3. The molecule has 1 saturated carbocycles. The lowest BCUT2D eigenvalue weighted by atomic mass is 9.92. The van der Waals surface area contributed by atoms with Crippen molar-refractivity contribution in [3.63, 3.8) is 0 Å². The monoisotopic (exact) mass is 276 g/mol. The Morgan fingerprint density at radius 3 is 2.85 bits per heavy atom. The largest absolute Gasteiger partial charge is 0.314 e. The molecule has 0 radical (unpaired) electrons. The Bertz CT molecular complexity index is 447. The molecule has 2 heterocycles. The van der Waals surface area contributed by atoms with Crippen molar-refractivity contribution >= 4 is 0 Å². The van der Waals surface area contributed by atoms with Gasteiger partial charge in [-0.15, -0.1) is 0 Å². The first-order valence-electron chi connectivity index (χ1n) is 8.14. The Labute approximate surface area is 122 Å². The highest BCUT2D eigenvalue weighted by Crippen LogP contribution is 2.33. The molecule has 20 heavy (non-hydrogen) atoms. The molecule has 1 aromatic heterocycles. The van der Waals surface area contributed by atoms with Crippen LogP contribution in [-0.2, 0) is 7.05 Å². The summed E-state index contributed by atoms with van der Waals surface area (Å²) in [6.45, 7) is 5.65. The Balaban J connectivity index is 1.65. The van der Waals surface area contributed by atoms with Crippen LogP contribution in [0, 0.1) is 12.8 Å². The zero-order valence-corrected chi connectivity index (χ0v) is 13.0. The number of nitrogens with zero attached hydrogens (tertiary/aromatic N) is 2. The van der Waals surface area contributed by atoms with E-state index in [9.17, 15) is 0 Å². The molecule has 0 spiro atoms. The number of nitrogens with one attached hydrogen (secondary N) is 2. The molecule has 112 valence electrons. The lowest BCUT2D eigenvalue weighted by Crippen LogP contribution is -2.43. The third-order valence-electron chi connectivity index (χ3n) is 5.39. The minimum Gasteiger partial charge on any atom is -0.314 e. The predicted octanol–water partition coefficient (Wildman–Crippen LogP) is 2.30.